The van der Waals surface area contributed by atoms with Gasteiger partial charge in [-0.25, -0.2) is 15.8 Å². The summed E-state index contributed by atoms with van der Waals surface area (Å²) in [5, 5.41) is 0.942. The minimum absolute atomic E-state index is 0.515. The van der Waals surface area contributed by atoms with Crippen LogP contribution < -0.4 is 11.3 Å². The molecule has 0 bridgehead atoms. The molecule has 5 heteroatoms. The first-order chi connectivity index (χ1) is 10.2. The molecule has 0 unspecified atom stereocenters. The molecule has 1 saturated carbocycles. The van der Waals surface area contributed by atoms with Gasteiger partial charge in [0.25, 0.3) is 0 Å². The molecule has 1 fully saturated rings. The van der Waals surface area contributed by atoms with E-state index in [4.69, 9.17) is 5.84 Å². The van der Waals surface area contributed by atoms with E-state index >= 15 is 0 Å². The van der Waals surface area contributed by atoms with Crippen molar-refractivity contribution < 1.29 is 0 Å². The van der Waals surface area contributed by atoms with Crippen molar-refractivity contribution in [2.75, 3.05) is 5.43 Å². The van der Waals surface area contributed by atoms with Crippen molar-refractivity contribution in [3.05, 3.63) is 41.7 Å². The van der Waals surface area contributed by atoms with Gasteiger partial charge in [0.15, 0.2) is 0 Å². The average Bonchev–Trinajstić information content (AvgIpc) is 3.32. The van der Waals surface area contributed by atoms with Gasteiger partial charge in [-0.1, -0.05) is 37.7 Å². The predicted octanol–water partition coefficient (Wildman–Crippen LogP) is 3.91. The molecule has 0 radical (unpaired) electrons. The summed E-state index contributed by atoms with van der Waals surface area (Å²) in [6, 6.07) is 10.5. The quantitative estimate of drug-likeness (QED) is 0.498. The van der Waals surface area contributed by atoms with Crippen LogP contribution in [0, 0.1) is 0 Å². The number of rotatable bonds is 5. The van der Waals surface area contributed by atoms with Crippen molar-refractivity contribution in [2.45, 2.75) is 48.4 Å². The molecule has 4 nitrogen and oxygen atoms in total. The minimum Gasteiger partial charge on any atom is -0.308 e. The fraction of sp³-hybridized carbons (Fsp3) is 0.375. The highest BCUT2D eigenvalue weighted by Gasteiger charge is 2.27. The van der Waals surface area contributed by atoms with Crippen molar-refractivity contribution in [1.29, 1.82) is 0 Å². The monoisotopic (exact) mass is 300 g/mol. The highest BCUT2D eigenvalue weighted by molar-refractivity contribution is 7.99. The number of nitrogens with zero attached hydrogens (tertiary/aromatic N) is 2. The first kappa shape index (κ1) is 14.4. The molecule has 1 aliphatic carbocycles. The summed E-state index contributed by atoms with van der Waals surface area (Å²) in [7, 11) is 0. The van der Waals surface area contributed by atoms with E-state index in [1.807, 2.05) is 6.07 Å². The molecule has 21 heavy (non-hydrogen) atoms. The zero-order chi connectivity index (χ0) is 14.8. The lowest BCUT2D eigenvalue weighted by Crippen LogP contribution is -2.10. The highest BCUT2D eigenvalue weighted by atomic mass is 32.2. The van der Waals surface area contributed by atoms with Gasteiger partial charge in [-0.05, 0) is 36.5 Å². The molecule has 0 spiro atoms. The van der Waals surface area contributed by atoms with Crippen LogP contribution in [0.4, 0.5) is 5.82 Å². The summed E-state index contributed by atoms with van der Waals surface area (Å²) >= 11 is 1.65. The number of hydrogen-bond donors (Lipinski definition) is 2. The third-order valence-electron chi connectivity index (χ3n) is 3.58. The average molecular weight is 300 g/mol. The molecule has 3 rings (SSSR count). The topological polar surface area (TPSA) is 63.8 Å². The Hall–Kier alpha value is -1.59. The van der Waals surface area contributed by atoms with E-state index in [1.54, 1.807) is 11.8 Å². The molecule has 3 N–H and O–H groups in total. The van der Waals surface area contributed by atoms with E-state index in [0.29, 0.717) is 17.7 Å². The molecule has 0 amide bonds. The number of hydrazine groups is 1. The number of nitrogens with one attached hydrogen (secondary N) is 1. The molecule has 0 atom stereocenters. The number of nitrogen functional groups attached to an aromatic ring is 1. The molecule has 1 aromatic carbocycles. The van der Waals surface area contributed by atoms with Gasteiger partial charge in [-0.2, -0.15) is 0 Å². The van der Waals surface area contributed by atoms with Gasteiger partial charge in [-0.3, -0.25) is 0 Å². The van der Waals surface area contributed by atoms with Crippen LogP contribution in [-0.4, -0.2) is 9.97 Å². The van der Waals surface area contributed by atoms with Gasteiger partial charge in [0.05, 0.1) is 0 Å². The van der Waals surface area contributed by atoms with Crippen molar-refractivity contribution in [3.8, 4) is 0 Å². The molecule has 0 saturated heterocycles. The Morgan fingerprint density at radius 3 is 2.48 bits per heavy atom. The maximum atomic E-state index is 5.51. The standard InChI is InChI=1S/C16H20N4S/c1-10(2)11-5-7-13(8-6-11)21-15-9-14(20-17)18-16(19-15)12-3-4-12/h5-10,12H,3-4,17H2,1-2H3,(H,18,19,20). The lowest BCUT2D eigenvalue weighted by molar-refractivity contribution is 0.864. The third kappa shape index (κ3) is 3.54. The van der Waals surface area contributed by atoms with Gasteiger partial charge >= 0.3 is 0 Å². The Morgan fingerprint density at radius 2 is 1.90 bits per heavy atom. The van der Waals surface area contributed by atoms with Crippen molar-refractivity contribution in [3.63, 3.8) is 0 Å². The van der Waals surface area contributed by atoms with Gasteiger partial charge in [0, 0.05) is 16.9 Å². The SMILES string of the molecule is CC(C)c1ccc(Sc2cc(NN)nc(C3CC3)n2)cc1. The van der Waals surface area contributed by atoms with Crippen LogP contribution in [0.15, 0.2) is 40.3 Å². The van der Waals surface area contributed by atoms with Crippen LogP contribution in [0.5, 0.6) is 0 Å². The maximum absolute atomic E-state index is 5.51. The molecule has 110 valence electrons. The van der Waals surface area contributed by atoms with E-state index in [-0.39, 0.29) is 0 Å². The molecular formula is C16H20N4S. The fourth-order valence-corrected chi connectivity index (χ4v) is 2.96. The molecule has 1 heterocycles. The van der Waals surface area contributed by atoms with Gasteiger partial charge < -0.3 is 5.43 Å². The van der Waals surface area contributed by atoms with Crippen LogP contribution in [0.25, 0.3) is 0 Å². The Morgan fingerprint density at radius 1 is 1.19 bits per heavy atom. The number of hydrogen-bond acceptors (Lipinski definition) is 5. The van der Waals surface area contributed by atoms with Gasteiger partial charge in [0.2, 0.25) is 0 Å². The molecule has 2 aromatic rings. The van der Waals surface area contributed by atoms with Crippen LogP contribution in [0.2, 0.25) is 0 Å². The van der Waals surface area contributed by atoms with E-state index in [9.17, 15) is 0 Å². The zero-order valence-corrected chi connectivity index (χ0v) is 13.2. The van der Waals surface area contributed by atoms with Crippen molar-refractivity contribution >= 4 is 17.6 Å². The smallest absolute Gasteiger partial charge is 0.144 e. The van der Waals surface area contributed by atoms with Crippen LogP contribution in [0.3, 0.4) is 0 Å². The van der Waals surface area contributed by atoms with E-state index in [2.05, 4.69) is 53.5 Å². The van der Waals surface area contributed by atoms with Crippen LogP contribution in [-0.2, 0) is 0 Å². The first-order valence-corrected chi connectivity index (χ1v) is 8.11. The summed E-state index contributed by atoms with van der Waals surface area (Å²) in [5.41, 5.74) is 3.99. The zero-order valence-electron chi connectivity index (χ0n) is 12.3. The maximum Gasteiger partial charge on any atom is 0.144 e. The lowest BCUT2D eigenvalue weighted by Gasteiger charge is -2.08. The Balaban J connectivity index is 1.81. The van der Waals surface area contributed by atoms with Gasteiger partial charge in [0.1, 0.15) is 16.7 Å². The summed E-state index contributed by atoms with van der Waals surface area (Å²) < 4.78 is 0. The van der Waals surface area contributed by atoms with E-state index in [0.717, 1.165) is 10.9 Å². The van der Waals surface area contributed by atoms with Crippen molar-refractivity contribution in [2.24, 2.45) is 5.84 Å². The summed E-state index contributed by atoms with van der Waals surface area (Å²) in [4.78, 5) is 10.3. The predicted molar refractivity (Wildman–Crippen MR) is 86.5 cm³/mol. The van der Waals surface area contributed by atoms with Crippen LogP contribution >= 0.6 is 11.8 Å². The third-order valence-corrected chi connectivity index (χ3v) is 4.51. The molecule has 1 aromatic heterocycles. The summed E-state index contributed by atoms with van der Waals surface area (Å²) in [5.74, 6) is 8.17. The van der Waals surface area contributed by atoms with E-state index in [1.165, 1.54) is 23.3 Å². The number of benzene rings is 1. The largest absolute Gasteiger partial charge is 0.308 e. The van der Waals surface area contributed by atoms with Crippen molar-refractivity contribution in [1.82, 2.24) is 9.97 Å². The highest BCUT2D eigenvalue weighted by Crippen LogP contribution is 2.39. The van der Waals surface area contributed by atoms with E-state index < -0.39 is 0 Å². The number of nitrogens with two attached hydrogens (primary N) is 1. The molecular weight excluding hydrogens is 280 g/mol. The number of aromatic nitrogens is 2. The second-order valence-electron chi connectivity index (χ2n) is 5.69. The second-order valence-corrected chi connectivity index (χ2v) is 6.79. The Bertz CT molecular complexity index is 621. The minimum atomic E-state index is 0.515. The molecule has 1 aliphatic rings. The summed E-state index contributed by atoms with van der Waals surface area (Å²) in [6.45, 7) is 4.40. The number of anilines is 1. The Kier molecular flexibility index (Phi) is 4.12. The Labute approximate surface area is 129 Å². The second kappa shape index (κ2) is 6.03. The lowest BCUT2D eigenvalue weighted by atomic mass is 10.0. The summed E-state index contributed by atoms with van der Waals surface area (Å²) in [6.07, 6.45) is 2.36. The van der Waals surface area contributed by atoms with Gasteiger partial charge in [-0.15, -0.1) is 0 Å². The normalized spacial score (nSPS) is 14.5. The molecule has 0 aliphatic heterocycles. The van der Waals surface area contributed by atoms with Crippen LogP contribution in [0.1, 0.15) is 49.9 Å². The fourth-order valence-electron chi connectivity index (χ4n) is 2.13. The first-order valence-electron chi connectivity index (χ1n) is 7.29.